The van der Waals surface area contributed by atoms with Crippen molar-refractivity contribution in [2.24, 2.45) is 0 Å². The lowest BCUT2D eigenvalue weighted by Gasteiger charge is -2.09. The van der Waals surface area contributed by atoms with Crippen molar-refractivity contribution >= 4 is 24.1 Å². The lowest BCUT2D eigenvalue weighted by molar-refractivity contribution is -0.140. The van der Waals surface area contributed by atoms with E-state index < -0.39 is 18.5 Å². The molecule has 0 fully saturated rings. The Morgan fingerprint density at radius 3 is 1.62 bits per heavy atom. The van der Waals surface area contributed by atoms with E-state index in [-0.39, 0.29) is 12.2 Å². The number of ether oxygens (including phenoxy) is 4. The molecule has 0 saturated heterocycles. The number of aliphatic hydroxyl groups is 1. The number of hydrogen-bond donors (Lipinski definition) is 1. The molecule has 1 N–H and O–H groups in total. The van der Waals surface area contributed by atoms with Crippen LogP contribution in [0, 0.1) is 0 Å². The number of aliphatic hydroxyl groups excluding tert-OH is 1. The second-order valence-corrected chi connectivity index (χ2v) is 8.72. The molecule has 3 aromatic carbocycles. The molecule has 0 bridgehead atoms. The Hall–Kier alpha value is -4.62. The van der Waals surface area contributed by atoms with E-state index in [0.29, 0.717) is 32.7 Å². The first-order valence-corrected chi connectivity index (χ1v) is 13.0. The van der Waals surface area contributed by atoms with Crippen molar-refractivity contribution in [2.45, 2.75) is 12.8 Å². The van der Waals surface area contributed by atoms with Gasteiger partial charge in [-0.05, 0) is 46.5 Å². The fraction of sp³-hybridized carbons (Fsp3) is 0.212. The fourth-order valence-electron chi connectivity index (χ4n) is 3.46. The first-order chi connectivity index (χ1) is 19.5. The molecule has 0 amide bonds. The van der Waals surface area contributed by atoms with Gasteiger partial charge >= 0.3 is 11.9 Å². The summed E-state index contributed by atoms with van der Waals surface area (Å²) in [5, 5.41) is 8.85. The molecule has 0 unspecified atom stereocenters. The number of carbonyl (C=O) groups excluding carboxylic acids is 2. The van der Waals surface area contributed by atoms with Gasteiger partial charge in [0.15, 0.2) is 0 Å². The normalized spacial score (nSPS) is 10.6. The van der Waals surface area contributed by atoms with Crippen molar-refractivity contribution in [3.8, 4) is 22.6 Å². The Morgan fingerprint density at radius 1 is 0.675 bits per heavy atom. The van der Waals surface area contributed by atoms with Gasteiger partial charge in [-0.2, -0.15) is 0 Å². The van der Waals surface area contributed by atoms with E-state index in [2.05, 4.69) is 43.5 Å². The van der Waals surface area contributed by atoms with Crippen molar-refractivity contribution in [1.82, 2.24) is 0 Å². The Balaban J connectivity index is 1.41. The van der Waals surface area contributed by atoms with E-state index >= 15 is 0 Å². The number of hydrogen-bond acceptors (Lipinski definition) is 7. The molecular weight excluding hydrogens is 508 g/mol. The average molecular weight is 543 g/mol. The second kappa shape index (κ2) is 16.4. The van der Waals surface area contributed by atoms with Crippen LogP contribution in [-0.4, -0.2) is 50.1 Å². The van der Waals surface area contributed by atoms with Crippen LogP contribution < -0.4 is 9.47 Å². The third kappa shape index (κ3) is 10.3. The van der Waals surface area contributed by atoms with Crippen LogP contribution in [0.25, 0.3) is 23.3 Å². The predicted octanol–water partition coefficient (Wildman–Crippen LogP) is 5.88. The van der Waals surface area contributed by atoms with Crippen LogP contribution in [0.4, 0.5) is 0 Å². The van der Waals surface area contributed by atoms with Crippen LogP contribution in [0.1, 0.15) is 24.0 Å². The highest BCUT2D eigenvalue weighted by molar-refractivity contribution is 5.87. The maximum Gasteiger partial charge on any atom is 0.335 e. The van der Waals surface area contributed by atoms with Gasteiger partial charge in [0.1, 0.15) is 11.5 Å². The quantitative estimate of drug-likeness (QED) is 0.105. The monoisotopic (exact) mass is 542 g/mol. The molecule has 40 heavy (non-hydrogen) atoms. The first kappa shape index (κ1) is 29.9. The van der Waals surface area contributed by atoms with E-state index in [1.54, 1.807) is 0 Å². The zero-order valence-corrected chi connectivity index (χ0v) is 22.4. The molecule has 7 heteroatoms. The minimum Gasteiger partial charge on any atom is -0.493 e. The smallest absolute Gasteiger partial charge is 0.335 e. The zero-order valence-electron chi connectivity index (χ0n) is 22.4. The summed E-state index contributed by atoms with van der Waals surface area (Å²) in [5.41, 5.74) is 4.35. The summed E-state index contributed by atoms with van der Waals surface area (Å²) in [6, 6.07) is 23.9. The van der Waals surface area contributed by atoms with Gasteiger partial charge in [0.2, 0.25) is 0 Å². The second-order valence-electron chi connectivity index (χ2n) is 8.72. The van der Waals surface area contributed by atoms with Gasteiger partial charge in [0, 0.05) is 18.9 Å². The summed E-state index contributed by atoms with van der Waals surface area (Å²) in [6.07, 6.45) is 6.40. The molecular formula is C33H34O7. The SMILES string of the molecule is C=CC(=O)OCCCOc1ccc(/C=C/c2ccc(-c3ccc(OCCCOC(=O)C(=C)CO)cc3)cc2)cc1. The molecule has 0 saturated carbocycles. The number of benzene rings is 3. The van der Waals surface area contributed by atoms with E-state index in [9.17, 15) is 9.59 Å². The molecule has 0 atom stereocenters. The van der Waals surface area contributed by atoms with Gasteiger partial charge in [0.25, 0.3) is 0 Å². The zero-order chi connectivity index (χ0) is 28.6. The minimum atomic E-state index is -0.590. The molecule has 208 valence electrons. The van der Waals surface area contributed by atoms with E-state index in [1.807, 2.05) is 54.6 Å². The Morgan fingerprint density at radius 2 is 1.12 bits per heavy atom. The van der Waals surface area contributed by atoms with Crippen molar-refractivity contribution in [1.29, 1.82) is 0 Å². The van der Waals surface area contributed by atoms with Crippen molar-refractivity contribution in [3.63, 3.8) is 0 Å². The number of rotatable bonds is 16. The highest BCUT2D eigenvalue weighted by Crippen LogP contribution is 2.24. The Bertz CT molecular complexity index is 1270. The largest absolute Gasteiger partial charge is 0.493 e. The summed E-state index contributed by atoms with van der Waals surface area (Å²) in [7, 11) is 0. The van der Waals surface area contributed by atoms with E-state index in [1.165, 1.54) is 0 Å². The number of carbonyl (C=O) groups is 2. The van der Waals surface area contributed by atoms with Crippen molar-refractivity contribution in [2.75, 3.05) is 33.0 Å². The number of esters is 2. The lowest BCUT2D eigenvalue weighted by Crippen LogP contribution is -2.12. The molecule has 0 aliphatic rings. The summed E-state index contributed by atoms with van der Waals surface area (Å²) < 4.78 is 21.3. The van der Waals surface area contributed by atoms with Crippen LogP contribution in [0.2, 0.25) is 0 Å². The fourth-order valence-corrected chi connectivity index (χ4v) is 3.46. The third-order valence-corrected chi connectivity index (χ3v) is 5.69. The highest BCUT2D eigenvalue weighted by Gasteiger charge is 2.06. The molecule has 3 rings (SSSR count). The highest BCUT2D eigenvalue weighted by atomic mass is 16.5. The molecule has 0 aliphatic heterocycles. The van der Waals surface area contributed by atoms with Crippen LogP contribution >= 0.6 is 0 Å². The summed E-state index contributed by atoms with van der Waals surface area (Å²) >= 11 is 0. The molecule has 0 aromatic heterocycles. The molecule has 0 aliphatic carbocycles. The van der Waals surface area contributed by atoms with Gasteiger partial charge < -0.3 is 24.1 Å². The standard InChI is InChI=1S/C33H34O7/c1-3-32(35)39-22-4-20-37-30-16-10-27(11-17-30)7-6-26-8-12-28(13-9-26)29-14-18-31(19-15-29)38-21-5-23-40-33(36)25(2)24-34/h3,6-19,34H,1-2,4-5,20-24H2/b7-6+. The van der Waals surface area contributed by atoms with Crippen molar-refractivity contribution < 1.29 is 33.6 Å². The van der Waals surface area contributed by atoms with Gasteiger partial charge in [-0.3, -0.25) is 0 Å². The molecule has 0 radical (unpaired) electrons. The van der Waals surface area contributed by atoms with Gasteiger partial charge in [-0.1, -0.05) is 73.8 Å². The van der Waals surface area contributed by atoms with Crippen molar-refractivity contribution in [3.05, 3.63) is 109 Å². The molecule has 7 nitrogen and oxygen atoms in total. The maximum atomic E-state index is 11.4. The van der Waals surface area contributed by atoms with Gasteiger partial charge in [-0.25, -0.2) is 9.59 Å². The van der Waals surface area contributed by atoms with Crippen LogP contribution in [0.15, 0.2) is 97.6 Å². The van der Waals surface area contributed by atoms with Gasteiger partial charge in [-0.15, -0.1) is 0 Å². The minimum absolute atomic E-state index is 0.0389. The van der Waals surface area contributed by atoms with Crippen LogP contribution in [0.5, 0.6) is 11.5 Å². The summed E-state index contributed by atoms with van der Waals surface area (Å²) in [5.74, 6) is 0.483. The predicted molar refractivity (Wildman–Crippen MR) is 156 cm³/mol. The van der Waals surface area contributed by atoms with E-state index in [4.69, 9.17) is 24.1 Å². The topological polar surface area (TPSA) is 91.3 Å². The average Bonchev–Trinajstić information content (AvgIpc) is 3.00. The Labute approximate surface area is 235 Å². The third-order valence-electron chi connectivity index (χ3n) is 5.69. The van der Waals surface area contributed by atoms with Gasteiger partial charge in [0.05, 0.1) is 38.6 Å². The van der Waals surface area contributed by atoms with E-state index in [0.717, 1.165) is 39.8 Å². The Kier molecular flexibility index (Phi) is 12.2. The van der Waals surface area contributed by atoms with Crippen LogP contribution in [-0.2, 0) is 19.1 Å². The first-order valence-electron chi connectivity index (χ1n) is 13.0. The molecule has 3 aromatic rings. The lowest BCUT2D eigenvalue weighted by atomic mass is 10.0. The summed E-state index contributed by atoms with van der Waals surface area (Å²) in [6.45, 7) is 7.75. The maximum absolute atomic E-state index is 11.4. The molecule has 0 heterocycles. The summed E-state index contributed by atoms with van der Waals surface area (Å²) in [4.78, 5) is 22.4. The van der Waals surface area contributed by atoms with Crippen LogP contribution in [0.3, 0.4) is 0 Å². The molecule has 0 spiro atoms.